The summed E-state index contributed by atoms with van der Waals surface area (Å²) in [4.78, 5) is -0.390. The van der Waals surface area contributed by atoms with Gasteiger partial charge >= 0.3 is 0 Å². The third-order valence-electron chi connectivity index (χ3n) is 2.15. The largest absolute Gasteiger partial charge is 0.272 e. The maximum absolute atomic E-state index is 12.1. The van der Waals surface area contributed by atoms with Gasteiger partial charge in [0.05, 0.1) is 3.79 Å². The van der Waals surface area contributed by atoms with Crippen LogP contribution in [0.3, 0.4) is 0 Å². The molecule has 110 valence electrons. The molecule has 0 amide bonds. The van der Waals surface area contributed by atoms with E-state index in [9.17, 15) is 16.8 Å². The minimum Gasteiger partial charge on any atom is -0.272 e. The molecule has 12 heteroatoms. The number of halogens is 1. The molecule has 0 aliphatic heterocycles. The van der Waals surface area contributed by atoms with Crippen LogP contribution in [0.25, 0.3) is 0 Å². The van der Waals surface area contributed by atoms with Crippen LogP contribution in [-0.4, -0.2) is 26.6 Å². The molecule has 0 bridgehead atoms. The molecule has 3 N–H and O–H groups in total. The van der Waals surface area contributed by atoms with Gasteiger partial charge in [0.25, 0.3) is 10.0 Å². The Morgan fingerprint density at radius 3 is 2.50 bits per heavy atom. The van der Waals surface area contributed by atoms with Gasteiger partial charge in [0.1, 0.15) is 9.10 Å². The zero-order chi connectivity index (χ0) is 15.1. The van der Waals surface area contributed by atoms with Gasteiger partial charge < -0.3 is 0 Å². The Labute approximate surface area is 127 Å². The molecule has 0 atom stereocenters. The fraction of sp³-hybridized carbons (Fsp3) is 0.125. The van der Waals surface area contributed by atoms with Gasteiger partial charge in [-0.05, 0) is 28.1 Å². The van der Waals surface area contributed by atoms with Crippen molar-refractivity contribution >= 4 is 53.1 Å². The first-order chi connectivity index (χ1) is 9.09. The van der Waals surface area contributed by atoms with Crippen LogP contribution < -0.4 is 9.86 Å². The molecular weight excluding hydrogens is 392 g/mol. The van der Waals surface area contributed by atoms with Crippen molar-refractivity contribution in [2.45, 2.75) is 9.10 Å². The van der Waals surface area contributed by atoms with E-state index in [1.54, 1.807) is 6.07 Å². The molecule has 2 aromatic heterocycles. The zero-order valence-corrected chi connectivity index (χ0v) is 14.0. The zero-order valence-electron chi connectivity index (χ0n) is 9.94. The number of nitrogens with two attached hydrogens (primary N) is 1. The molecule has 20 heavy (non-hydrogen) atoms. The Kier molecular flexibility index (Phi) is 3.94. The third kappa shape index (κ3) is 3.20. The van der Waals surface area contributed by atoms with Crippen LogP contribution in [0.1, 0.15) is 0 Å². The number of sulfonamides is 2. The van der Waals surface area contributed by atoms with Crippen molar-refractivity contribution in [3.8, 4) is 0 Å². The van der Waals surface area contributed by atoms with Crippen molar-refractivity contribution in [2.75, 3.05) is 4.72 Å². The molecular formula is C8H9BrN4O4S3. The second-order valence-electron chi connectivity index (χ2n) is 3.72. The van der Waals surface area contributed by atoms with E-state index in [0.717, 1.165) is 22.2 Å². The van der Waals surface area contributed by atoms with E-state index in [-0.39, 0.29) is 14.9 Å². The van der Waals surface area contributed by atoms with Crippen molar-refractivity contribution in [3.05, 3.63) is 22.1 Å². The Hall–Kier alpha value is -0.950. The molecule has 0 aliphatic carbocycles. The number of thiophene rings is 1. The van der Waals surface area contributed by atoms with Gasteiger partial charge in [-0.25, -0.2) is 22.0 Å². The van der Waals surface area contributed by atoms with Crippen LogP contribution in [0.15, 0.2) is 31.2 Å². The molecule has 2 heterocycles. The summed E-state index contributed by atoms with van der Waals surface area (Å²) in [5.41, 5.74) is 0. The van der Waals surface area contributed by atoms with E-state index in [4.69, 9.17) is 5.14 Å². The Morgan fingerprint density at radius 2 is 2.00 bits per heavy atom. The van der Waals surface area contributed by atoms with Crippen molar-refractivity contribution in [3.63, 3.8) is 0 Å². The smallest absolute Gasteiger partial charge is 0.272 e. The number of hydrogen-bond acceptors (Lipinski definition) is 6. The van der Waals surface area contributed by atoms with Gasteiger partial charge in [-0.15, -0.1) is 11.3 Å². The summed E-state index contributed by atoms with van der Waals surface area (Å²) in [7, 11) is -6.54. The summed E-state index contributed by atoms with van der Waals surface area (Å²) in [6, 6.07) is 2.95. The molecule has 0 fully saturated rings. The molecule has 8 nitrogen and oxygen atoms in total. The molecule has 0 saturated carbocycles. The molecule has 2 aromatic rings. The molecule has 0 aromatic carbocycles. The van der Waals surface area contributed by atoms with Gasteiger partial charge in [0, 0.05) is 13.2 Å². The summed E-state index contributed by atoms with van der Waals surface area (Å²) >= 11 is 4.14. The average molecular weight is 401 g/mol. The average Bonchev–Trinajstić information content (AvgIpc) is 2.84. The second-order valence-corrected chi connectivity index (χ2v) is 9.63. The normalized spacial score (nSPS) is 12.6. The van der Waals surface area contributed by atoms with Crippen LogP contribution >= 0.6 is 27.3 Å². The van der Waals surface area contributed by atoms with Crippen LogP contribution in [0, 0.1) is 0 Å². The first-order valence-corrected chi connectivity index (χ1v) is 9.58. The SMILES string of the molecule is Cn1cc(S(N)(=O)=O)c(NS(=O)(=O)c2ccc(Br)s2)n1. The summed E-state index contributed by atoms with van der Waals surface area (Å²) < 4.78 is 50.9. The number of anilines is 1. The van der Waals surface area contributed by atoms with E-state index in [1.165, 1.54) is 13.1 Å². The highest BCUT2D eigenvalue weighted by Crippen LogP contribution is 2.28. The van der Waals surface area contributed by atoms with E-state index in [2.05, 4.69) is 25.8 Å². The lowest BCUT2D eigenvalue weighted by Gasteiger charge is -2.04. The Morgan fingerprint density at radius 1 is 1.35 bits per heavy atom. The monoisotopic (exact) mass is 400 g/mol. The van der Waals surface area contributed by atoms with E-state index in [1.807, 2.05) is 0 Å². The Balaban J connectivity index is 2.45. The third-order valence-corrected chi connectivity index (χ3v) is 6.51. The second kappa shape index (κ2) is 5.11. The van der Waals surface area contributed by atoms with Crippen LogP contribution in [0.2, 0.25) is 0 Å². The summed E-state index contributed by atoms with van der Waals surface area (Å²) in [5.74, 6) is -0.334. The topological polar surface area (TPSA) is 124 Å². The number of primary sulfonamides is 1. The number of hydrogen-bond donors (Lipinski definition) is 2. The van der Waals surface area contributed by atoms with E-state index >= 15 is 0 Å². The predicted molar refractivity (Wildman–Crippen MR) is 77.4 cm³/mol. The van der Waals surface area contributed by atoms with E-state index < -0.39 is 20.0 Å². The Bertz CT molecular complexity index is 852. The first-order valence-electron chi connectivity index (χ1n) is 4.94. The van der Waals surface area contributed by atoms with Crippen molar-refractivity contribution in [1.82, 2.24) is 9.78 Å². The fourth-order valence-electron chi connectivity index (χ4n) is 1.37. The molecule has 0 aliphatic rings. The lowest BCUT2D eigenvalue weighted by Crippen LogP contribution is -2.17. The maximum atomic E-state index is 12.1. The number of rotatable bonds is 4. The van der Waals surface area contributed by atoms with Crippen LogP contribution in [0.4, 0.5) is 5.82 Å². The molecule has 0 saturated heterocycles. The van der Waals surface area contributed by atoms with Crippen LogP contribution in [0.5, 0.6) is 0 Å². The predicted octanol–water partition coefficient (Wildman–Crippen LogP) is 0.692. The maximum Gasteiger partial charge on any atom is 0.272 e. The summed E-state index contributed by atoms with van der Waals surface area (Å²) in [6.45, 7) is 0. The highest BCUT2D eigenvalue weighted by atomic mass is 79.9. The first kappa shape index (κ1) is 15.4. The molecule has 0 unspecified atom stereocenters. The lowest BCUT2D eigenvalue weighted by atomic mass is 10.7. The van der Waals surface area contributed by atoms with Crippen molar-refractivity contribution in [1.29, 1.82) is 0 Å². The number of aromatic nitrogens is 2. The number of nitrogens with one attached hydrogen (secondary N) is 1. The highest BCUT2D eigenvalue weighted by Gasteiger charge is 2.24. The standard InChI is InChI=1S/C8H9BrN4O4S3/c1-13-4-5(19(10,14)15)8(11-13)12-20(16,17)7-3-2-6(9)18-7/h2-4H,1H3,(H,11,12)(H2,10,14,15). The number of nitrogens with zero attached hydrogens (tertiary/aromatic N) is 2. The number of aryl methyl sites for hydroxylation is 1. The van der Waals surface area contributed by atoms with E-state index in [0.29, 0.717) is 3.79 Å². The quantitative estimate of drug-likeness (QED) is 0.780. The molecule has 0 radical (unpaired) electrons. The van der Waals surface area contributed by atoms with Gasteiger partial charge in [-0.1, -0.05) is 0 Å². The van der Waals surface area contributed by atoms with Gasteiger partial charge in [0.15, 0.2) is 5.82 Å². The van der Waals surface area contributed by atoms with Crippen molar-refractivity contribution < 1.29 is 16.8 Å². The van der Waals surface area contributed by atoms with Gasteiger partial charge in [0.2, 0.25) is 10.0 Å². The fourth-order valence-corrected chi connectivity index (χ4v) is 5.12. The van der Waals surface area contributed by atoms with Gasteiger partial charge in [-0.3, -0.25) is 9.40 Å². The van der Waals surface area contributed by atoms with Gasteiger partial charge in [-0.2, -0.15) is 5.10 Å². The van der Waals surface area contributed by atoms with Crippen LogP contribution in [-0.2, 0) is 27.1 Å². The summed E-state index contributed by atoms with van der Waals surface area (Å²) in [6.07, 6.45) is 1.12. The highest BCUT2D eigenvalue weighted by molar-refractivity contribution is 9.11. The lowest BCUT2D eigenvalue weighted by molar-refractivity contribution is 0.598. The summed E-state index contributed by atoms with van der Waals surface area (Å²) in [5, 5.41) is 8.77. The van der Waals surface area contributed by atoms with Crippen molar-refractivity contribution in [2.24, 2.45) is 12.2 Å². The minimum absolute atomic E-state index is 0.0235. The minimum atomic E-state index is -4.08. The molecule has 0 spiro atoms. The molecule has 2 rings (SSSR count).